The summed E-state index contributed by atoms with van der Waals surface area (Å²) in [6, 6.07) is 24.1. The fraction of sp³-hybridized carbons (Fsp3) is 0.158. The summed E-state index contributed by atoms with van der Waals surface area (Å²) in [5.74, 6) is 1.99. The van der Waals surface area contributed by atoms with Crippen molar-refractivity contribution in [1.29, 1.82) is 0 Å². The first kappa shape index (κ1) is 43.3. The number of alkyl halides is 7. The number of aryl methyl sites for hydroxylation is 2. The summed E-state index contributed by atoms with van der Waals surface area (Å²) in [6.07, 6.45) is -9.49. The second-order valence-corrected chi connectivity index (χ2v) is 12.9. The number of halogens is 7. The van der Waals surface area contributed by atoms with E-state index in [1.165, 1.54) is 24.3 Å². The van der Waals surface area contributed by atoms with E-state index in [4.69, 9.17) is 14.2 Å². The number of hydrogen-bond acceptors (Lipinski definition) is 14. The predicted molar refractivity (Wildman–Crippen MR) is 205 cm³/mol. The third-order valence-corrected chi connectivity index (χ3v) is 8.34. The number of benzene rings is 4. The molecule has 4 aromatic carbocycles. The lowest BCUT2D eigenvalue weighted by atomic mass is 10.2. The maximum atomic E-state index is 12.3. The van der Waals surface area contributed by atoms with Crippen LogP contribution in [0.4, 0.5) is 26.3 Å². The Balaban J connectivity index is 0.000000175. The second kappa shape index (κ2) is 18.7. The number of hydrogen-bond donors (Lipinski definition) is 3. The van der Waals surface area contributed by atoms with E-state index in [1.54, 1.807) is 48.9 Å². The molecule has 0 atom stereocenters. The number of ether oxygens (including phenoxy) is 2. The van der Waals surface area contributed by atoms with Gasteiger partial charge in [-0.25, -0.2) is 14.6 Å². The van der Waals surface area contributed by atoms with Crippen LogP contribution in [-0.4, -0.2) is 73.2 Å². The molecular weight excluding hydrogens is 886 g/mol. The van der Waals surface area contributed by atoms with Crippen LogP contribution in [-0.2, 0) is 11.9 Å². The Labute approximate surface area is 348 Å². The van der Waals surface area contributed by atoms with Crippen LogP contribution in [0.1, 0.15) is 22.8 Å². The zero-order chi connectivity index (χ0) is 43.7. The number of aromatic nitrogens is 10. The lowest BCUT2D eigenvalue weighted by Crippen LogP contribution is -2.16. The van der Waals surface area contributed by atoms with E-state index in [9.17, 15) is 31.4 Å². The van der Waals surface area contributed by atoms with Crippen LogP contribution in [0, 0.1) is 13.8 Å². The molecule has 8 aromatic rings. The van der Waals surface area contributed by atoms with Gasteiger partial charge in [-0.1, -0.05) is 50.5 Å². The molecule has 316 valence electrons. The maximum Gasteiger partial charge on any atom is 0.573 e. The van der Waals surface area contributed by atoms with Crippen LogP contribution in [0.15, 0.2) is 106 Å². The third kappa shape index (κ3) is 12.6. The molecule has 0 aliphatic carbocycles. The van der Waals surface area contributed by atoms with Crippen molar-refractivity contribution in [2.24, 2.45) is 0 Å². The van der Waals surface area contributed by atoms with Crippen molar-refractivity contribution in [3.8, 4) is 69.2 Å². The van der Waals surface area contributed by atoms with Gasteiger partial charge in [-0.2, -0.15) is 9.97 Å². The molecule has 61 heavy (non-hydrogen) atoms. The van der Waals surface area contributed by atoms with Crippen LogP contribution in [0.5, 0.6) is 23.0 Å². The molecule has 0 aliphatic rings. The molecule has 0 fully saturated rings. The predicted octanol–water partition coefficient (Wildman–Crippen LogP) is 8.97. The fourth-order valence-electron chi connectivity index (χ4n) is 5.04. The van der Waals surface area contributed by atoms with Crippen molar-refractivity contribution in [3.63, 3.8) is 0 Å². The molecule has 0 saturated heterocycles. The maximum absolute atomic E-state index is 12.3. The smallest absolute Gasteiger partial charge is 0.508 e. The molecule has 16 nitrogen and oxygen atoms in total. The highest BCUT2D eigenvalue weighted by Crippen LogP contribution is 2.28. The lowest BCUT2D eigenvalue weighted by Gasteiger charge is -2.08. The summed E-state index contributed by atoms with van der Waals surface area (Å²) >= 11 is 3.28. The van der Waals surface area contributed by atoms with Crippen LogP contribution in [0.3, 0.4) is 0 Å². The van der Waals surface area contributed by atoms with Gasteiger partial charge in [0.15, 0.2) is 0 Å². The largest absolute Gasteiger partial charge is 0.573 e. The van der Waals surface area contributed by atoms with Crippen molar-refractivity contribution in [2.45, 2.75) is 38.4 Å². The summed E-state index contributed by atoms with van der Waals surface area (Å²) in [5, 5.41) is 37.7. The molecule has 0 unspecified atom stereocenters. The van der Waals surface area contributed by atoms with E-state index in [2.05, 4.69) is 70.9 Å². The molecule has 8 rings (SSSR count). The summed E-state index contributed by atoms with van der Waals surface area (Å²) in [7, 11) is 0. The highest BCUT2D eigenvalue weighted by Gasteiger charge is 2.32. The minimum Gasteiger partial charge on any atom is -0.508 e. The minimum atomic E-state index is -4.76. The molecule has 0 bridgehead atoms. The first-order valence-corrected chi connectivity index (χ1v) is 18.4. The molecule has 23 heteroatoms. The number of rotatable bonds is 9. The van der Waals surface area contributed by atoms with Gasteiger partial charge in [0.25, 0.3) is 11.8 Å². The average molecular weight is 916 g/mol. The molecule has 0 saturated carbocycles. The van der Waals surface area contributed by atoms with Gasteiger partial charge >= 0.3 is 12.7 Å². The summed E-state index contributed by atoms with van der Waals surface area (Å²) in [4.78, 5) is 16.6. The number of H-pyrrole nitrogens is 1. The number of aromatic amines is 1. The normalized spacial score (nSPS) is 11.3. The second-order valence-electron chi connectivity index (χ2n) is 12.3. The standard InChI is InChI=1S/C19H14F3N5O3.C12H8F3N5O2.C7H7BrO/c1-11-23-17(25-27(11)10-12-3-2-4-14(28)9-12)18-24-16(26-30-18)13-5-7-15(8-6-13)29-19(20,21)22;1-6-16-10(19-18-6)11-17-9(20-22-11)7-2-4-8(5-3-7)21-12(13,14)15;8-5-6-2-1-3-7(9)4-6/h2-9,28H,10H2,1H3;2-5H,1H3,(H,16,18,19);1-4,9H,5H2. The Bertz CT molecular complexity index is 2660. The van der Waals surface area contributed by atoms with Crippen molar-refractivity contribution in [3.05, 3.63) is 120 Å². The highest BCUT2D eigenvalue weighted by atomic mass is 79.9. The van der Waals surface area contributed by atoms with Crippen LogP contribution in [0.25, 0.3) is 46.2 Å². The highest BCUT2D eigenvalue weighted by molar-refractivity contribution is 9.08. The molecule has 0 aliphatic heterocycles. The zero-order valence-corrected chi connectivity index (χ0v) is 32.9. The fourth-order valence-corrected chi connectivity index (χ4v) is 5.39. The van der Waals surface area contributed by atoms with Gasteiger partial charge in [0.1, 0.15) is 34.6 Å². The van der Waals surface area contributed by atoms with E-state index >= 15 is 0 Å². The number of nitrogens with one attached hydrogen (secondary N) is 1. The molecule has 0 radical (unpaired) electrons. The van der Waals surface area contributed by atoms with Gasteiger partial charge < -0.3 is 28.7 Å². The van der Waals surface area contributed by atoms with E-state index in [0.717, 1.165) is 40.7 Å². The monoisotopic (exact) mass is 914 g/mol. The SMILES string of the molecule is Cc1nc(-c2nc(-c3ccc(OC(F)(F)F)cc3)no2)n[nH]1.Cc1nc(-c2nc(-c3ccc(OC(F)(F)F)cc3)no2)nn1Cc1cccc(O)c1.Oc1cccc(CBr)c1. The van der Waals surface area contributed by atoms with Crippen LogP contribution < -0.4 is 9.47 Å². The van der Waals surface area contributed by atoms with Gasteiger partial charge in [-0.3, -0.25) is 5.10 Å². The van der Waals surface area contributed by atoms with Gasteiger partial charge in [0.2, 0.25) is 23.3 Å². The lowest BCUT2D eigenvalue weighted by molar-refractivity contribution is -0.275. The van der Waals surface area contributed by atoms with Crippen molar-refractivity contribution in [1.82, 2.24) is 50.2 Å². The number of aromatic hydroxyl groups is 2. The number of phenols is 2. The Kier molecular flexibility index (Phi) is 13.3. The van der Waals surface area contributed by atoms with E-state index in [0.29, 0.717) is 35.1 Å². The Morgan fingerprint density at radius 2 is 1.13 bits per heavy atom. The number of phenolic OH excluding ortho intramolecular Hbond substituents is 2. The quantitative estimate of drug-likeness (QED) is 0.0912. The minimum absolute atomic E-state index is 0.0679. The van der Waals surface area contributed by atoms with E-state index in [-0.39, 0.29) is 52.3 Å². The van der Waals surface area contributed by atoms with E-state index < -0.39 is 12.7 Å². The molecule has 0 spiro atoms. The van der Waals surface area contributed by atoms with Gasteiger partial charge in [-0.15, -0.1) is 36.5 Å². The zero-order valence-electron chi connectivity index (χ0n) is 31.3. The summed E-state index contributed by atoms with van der Waals surface area (Å²) in [5.41, 5.74) is 2.84. The van der Waals surface area contributed by atoms with Gasteiger partial charge in [0, 0.05) is 16.5 Å². The Morgan fingerprint density at radius 1 is 0.639 bits per heavy atom. The first-order chi connectivity index (χ1) is 29.0. The average Bonchev–Trinajstić information content (AvgIpc) is 4.03. The molecule has 3 N–H and O–H groups in total. The first-order valence-electron chi connectivity index (χ1n) is 17.3. The number of nitrogens with zero attached hydrogens (tertiary/aromatic N) is 9. The molecular formula is C38H29BrF6N10O6. The summed E-state index contributed by atoms with van der Waals surface area (Å²) < 4.78 is 92.5. The van der Waals surface area contributed by atoms with Gasteiger partial charge in [0.05, 0.1) is 6.54 Å². The molecule has 4 aromatic heterocycles. The Morgan fingerprint density at radius 3 is 1.57 bits per heavy atom. The van der Waals surface area contributed by atoms with Gasteiger partial charge in [-0.05, 0) is 97.8 Å². The van der Waals surface area contributed by atoms with Crippen LogP contribution >= 0.6 is 15.9 Å². The van der Waals surface area contributed by atoms with Crippen LogP contribution in [0.2, 0.25) is 0 Å². The molecule has 4 heterocycles. The topological polar surface area (TPSA) is 209 Å². The third-order valence-electron chi connectivity index (χ3n) is 7.69. The van der Waals surface area contributed by atoms with Crippen molar-refractivity contribution in [2.75, 3.05) is 0 Å². The van der Waals surface area contributed by atoms with Crippen molar-refractivity contribution < 1.29 is 55.1 Å². The Hall–Kier alpha value is -7.30. The summed E-state index contributed by atoms with van der Waals surface area (Å²) in [6.45, 7) is 3.86. The van der Waals surface area contributed by atoms with E-state index in [1.807, 2.05) is 18.2 Å². The molecule has 0 amide bonds. The van der Waals surface area contributed by atoms with Crippen molar-refractivity contribution >= 4 is 15.9 Å².